The highest BCUT2D eigenvalue weighted by Crippen LogP contribution is 2.60. The molecule has 298 valence electrons. The van der Waals surface area contributed by atoms with Crippen molar-refractivity contribution in [2.24, 2.45) is 5.92 Å². The van der Waals surface area contributed by atoms with E-state index in [1.165, 1.54) is 9.87 Å². The van der Waals surface area contributed by atoms with E-state index < -0.39 is 19.8 Å². The minimum Gasteiger partial charge on any atom is -0.497 e. The number of aliphatic hydroxyl groups is 1. The number of H-pyrrole nitrogens is 1. The van der Waals surface area contributed by atoms with Crippen LogP contribution in [0.15, 0.2) is 131 Å². The van der Waals surface area contributed by atoms with Crippen LogP contribution in [0.2, 0.25) is 18.6 Å². The van der Waals surface area contributed by atoms with Crippen LogP contribution in [-0.2, 0) is 33.0 Å². The predicted molar refractivity (Wildman–Crippen MR) is 232 cm³/mol. The van der Waals surface area contributed by atoms with E-state index in [0.717, 1.165) is 38.1 Å². The van der Waals surface area contributed by atoms with Gasteiger partial charge in [0.1, 0.15) is 5.75 Å². The molecule has 0 aliphatic carbocycles. The summed E-state index contributed by atoms with van der Waals surface area (Å²) in [6, 6.07) is 38.9. The Morgan fingerprint density at radius 2 is 1.64 bits per heavy atom. The molecule has 12 heteroatoms. The number of fused-ring (bicyclic) bond motifs is 3. The Morgan fingerprint density at radius 3 is 2.33 bits per heavy atom. The molecule has 4 atom stereocenters. The number of para-hydroxylation sites is 1. The summed E-state index contributed by atoms with van der Waals surface area (Å²) in [6.45, 7) is 7.35. The number of rotatable bonds is 12. The van der Waals surface area contributed by atoms with E-state index in [4.69, 9.17) is 9.47 Å². The molecule has 1 fully saturated rings. The average Bonchev–Trinajstić information content (AvgIpc) is 3.81. The first-order chi connectivity index (χ1) is 28.0. The van der Waals surface area contributed by atoms with Crippen molar-refractivity contribution in [3.05, 3.63) is 153 Å². The number of aromatic amines is 1. The molecular weight excluding hydrogens is 813 g/mol. The third-order valence-electron chi connectivity index (χ3n) is 12.2. The molecule has 2 N–H and O–H groups in total. The Bertz CT molecular complexity index is 2520. The smallest absolute Gasteiger partial charge is 0.279 e. The quantitative estimate of drug-likeness (QED) is 0.125. The molecule has 1 spiro atoms. The van der Waals surface area contributed by atoms with E-state index in [2.05, 4.69) is 53.2 Å². The zero-order chi connectivity index (χ0) is 40.8. The second-order valence-electron chi connectivity index (χ2n) is 15.9. The normalized spacial score (nSPS) is 20.2. The summed E-state index contributed by atoms with van der Waals surface area (Å²) in [5.74, 6) is 0.147. The molecule has 6 aromatic rings. The second kappa shape index (κ2) is 15.8. The number of anilines is 1. The molecule has 8 rings (SSSR count). The van der Waals surface area contributed by atoms with Gasteiger partial charge in [-0.25, -0.2) is 4.68 Å². The summed E-state index contributed by atoms with van der Waals surface area (Å²) in [7, 11) is -0.878. The lowest BCUT2D eigenvalue weighted by Crippen LogP contribution is -2.52. The minimum atomic E-state index is -2.53. The van der Waals surface area contributed by atoms with Gasteiger partial charge in [0.25, 0.3) is 11.5 Å². The lowest BCUT2D eigenvalue weighted by molar-refractivity contribution is -0.150. The van der Waals surface area contributed by atoms with Crippen molar-refractivity contribution in [2.45, 2.75) is 56.8 Å². The molecule has 2 amide bonds. The highest BCUT2D eigenvalue weighted by atomic mass is 79.9. The van der Waals surface area contributed by atoms with E-state index in [-0.39, 0.29) is 54.9 Å². The summed E-state index contributed by atoms with van der Waals surface area (Å²) in [5, 5.41) is 15.0. The molecule has 1 aromatic heterocycles. The fourth-order valence-electron chi connectivity index (χ4n) is 9.33. The first-order valence-electron chi connectivity index (χ1n) is 19.6. The Labute approximate surface area is 347 Å². The fraction of sp³-hybridized carbons (Fsp3) is 0.283. The number of hydrogen-bond acceptors (Lipinski definition) is 6. The number of carbonyl (C=O) groups excluding carboxylic acids is 2. The summed E-state index contributed by atoms with van der Waals surface area (Å²) in [6.07, 6.45) is -0.533. The van der Waals surface area contributed by atoms with Gasteiger partial charge in [-0.2, -0.15) is 0 Å². The van der Waals surface area contributed by atoms with Crippen molar-refractivity contribution in [1.82, 2.24) is 14.7 Å². The van der Waals surface area contributed by atoms with Crippen LogP contribution in [0, 0.1) is 5.92 Å². The first-order valence-corrected chi connectivity index (χ1v) is 23.5. The van der Waals surface area contributed by atoms with Gasteiger partial charge in [0.2, 0.25) is 5.91 Å². The molecule has 0 bridgehead atoms. The number of amides is 2. The lowest BCUT2D eigenvalue weighted by Gasteiger charge is -2.37. The standard InChI is InChI=1S/C46H47BrN4O6Si/c1-30-43(58(3,4)36-21-19-35(56-2)20-22-36)41(27-42(53)49(24-25-52)28-31-10-6-5-7-11-31)57-46(30)38-26-33(47)16-23-40(38)50(45(46)55)29-32-14-17-34(18-15-32)51-44(54)37-12-8-9-13-39(37)48-51/h5-23,26,30,41,43,48,52H,24-25,27-29H2,1-4H3/t30-,41+,43-,46+/m1/s1. The minimum absolute atomic E-state index is 0.0569. The van der Waals surface area contributed by atoms with Gasteiger partial charge in [0.05, 0.1) is 63.1 Å². The fourth-order valence-corrected chi connectivity index (χ4v) is 13.7. The predicted octanol–water partition coefficient (Wildman–Crippen LogP) is 7.26. The number of hydrogen-bond donors (Lipinski definition) is 2. The van der Waals surface area contributed by atoms with E-state index in [1.807, 2.05) is 103 Å². The summed E-state index contributed by atoms with van der Waals surface area (Å²) < 4.78 is 15.1. The molecule has 5 aromatic carbocycles. The SMILES string of the molecule is COc1ccc([Si](C)(C)[C@H]2[C@H](CC(=O)N(CCO)Cc3ccccc3)O[C@@]3(C(=O)N(Cc4ccc(-n5[nH]c6ccccc6c5=O)cc4)c4ccc(Br)cc43)[C@@H]2C)cc1. The monoisotopic (exact) mass is 858 g/mol. The van der Waals surface area contributed by atoms with Crippen LogP contribution < -0.4 is 20.4 Å². The number of carbonyl (C=O) groups is 2. The molecule has 58 heavy (non-hydrogen) atoms. The van der Waals surface area contributed by atoms with E-state index in [0.29, 0.717) is 17.6 Å². The van der Waals surface area contributed by atoms with Crippen molar-refractivity contribution in [3.8, 4) is 11.4 Å². The Morgan fingerprint density at radius 1 is 0.931 bits per heavy atom. The van der Waals surface area contributed by atoms with Crippen LogP contribution in [-0.4, -0.2) is 66.0 Å². The van der Waals surface area contributed by atoms with Crippen molar-refractivity contribution in [1.29, 1.82) is 0 Å². The third kappa shape index (κ3) is 6.91. The molecule has 0 unspecified atom stereocenters. The van der Waals surface area contributed by atoms with Crippen LogP contribution in [0.4, 0.5) is 5.69 Å². The lowest BCUT2D eigenvalue weighted by atomic mass is 9.82. The van der Waals surface area contributed by atoms with Gasteiger partial charge < -0.3 is 24.4 Å². The van der Waals surface area contributed by atoms with Crippen LogP contribution in [0.3, 0.4) is 0 Å². The molecular formula is C46H47BrN4O6Si. The maximum absolute atomic E-state index is 15.4. The average molecular weight is 860 g/mol. The number of nitrogens with one attached hydrogen (secondary N) is 1. The number of halogens is 1. The van der Waals surface area contributed by atoms with Crippen LogP contribution in [0.5, 0.6) is 5.75 Å². The van der Waals surface area contributed by atoms with Gasteiger partial charge >= 0.3 is 0 Å². The van der Waals surface area contributed by atoms with Gasteiger partial charge in [-0.1, -0.05) is 108 Å². The molecule has 2 aliphatic rings. The summed E-state index contributed by atoms with van der Waals surface area (Å²) in [4.78, 5) is 46.4. The number of nitrogens with zero attached hydrogens (tertiary/aromatic N) is 3. The molecule has 0 radical (unpaired) electrons. The van der Waals surface area contributed by atoms with Gasteiger partial charge in [0, 0.05) is 29.0 Å². The highest BCUT2D eigenvalue weighted by Gasteiger charge is 2.66. The maximum atomic E-state index is 15.4. The summed E-state index contributed by atoms with van der Waals surface area (Å²) >= 11 is 3.69. The van der Waals surface area contributed by atoms with Gasteiger partial charge in [0.15, 0.2) is 5.60 Å². The zero-order valence-electron chi connectivity index (χ0n) is 33.0. The van der Waals surface area contributed by atoms with E-state index >= 15 is 4.79 Å². The van der Waals surface area contributed by atoms with Crippen molar-refractivity contribution in [2.75, 3.05) is 25.2 Å². The molecule has 3 heterocycles. The highest BCUT2D eigenvalue weighted by molar-refractivity contribution is 9.10. The van der Waals surface area contributed by atoms with E-state index in [1.54, 1.807) is 23.0 Å². The number of aromatic nitrogens is 2. The maximum Gasteiger partial charge on any atom is 0.279 e. The van der Waals surface area contributed by atoms with Gasteiger partial charge in [-0.15, -0.1) is 0 Å². The number of ether oxygens (including phenoxy) is 2. The van der Waals surface area contributed by atoms with Crippen LogP contribution >= 0.6 is 15.9 Å². The van der Waals surface area contributed by atoms with Crippen LogP contribution in [0.1, 0.15) is 30.0 Å². The molecule has 2 aliphatic heterocycles. The largest absolute Gasteiger partial charge is 0.497 e. The molecule has 10 nitrogen and oxygen atoms in total. The van der Waals surface area contributed by atoms with Gasteiger partial charge in [-0.3, -0.25) is 19.5 Å². The Kier molecular flexibility index (Phi) is 10.8. The van der Waals surface area contributed by atoms with Crippen molar-refractivity contribution < 1.29 is 24.2 Å². The topological polar surface area (TPSA) is 117 Å². The second-order valence-corrected chi connectivity index (χ2v) is 21.5. The number of aliphatic hydroxyl groups excluding tert-OH is 1. The number of benzene rings is 5. The van der Waals surface area contributed by atoms with E-state index in [9.17, 15) is 14.7 Å². The zero-order valence-corrected chi connectivity index (χ0v) is 35.6. The Hall–Kier alpha value is -5.27. The van der Waals surface area contributed by atoms with Crippen molar-refractivity contribution in [3.63, 3.8) is 0 Å². The van der Waals surface area contributed by atoms with Crippen LogP contribution in [0.25, 0.3) is 16.6 Å². The van der Waals surface area contributed by atoms with Gasteiger partial charge in [-0.05, 0) is 71.3 Å². The first kappa shape index (κ1) is 39.5. The number of methoxy groups -OCH3 is 1. The summed E-state index contributed by atoms with van der Waals surface area (Å²) in [5.41, 5.74) is 3.19. The molecule has 0 saturated carbocycles. The third-order valence-corrected chi connectivity index (χ3v) is 17.1. The Balaban J connectivity index is 1.16. The molecule has 1 saturated heterocycles. The van der Waals surface area contributed by atoms with Crippen molar-refractivity contribution >= 4 is 57.6 Å².